The molecule has 0 aromatic heterocycles. The minimum absolute atomic E-state index is 0.321. The van der Waals surface area contributed by atoms with E-state index in [1.54, 1.807) is 37.4 Å². The summed E-state index contributed by atoms with van der Waals surface area (Å²) in [6.07, 6.45) is 1.30. The molecule has 1 aliphatic heterocycles. The van der Waals surface area contributed by atoms with Crippen LogP contribution in [0, 0.1) is 5.82 Å². The molecule has 6 nitrogen and oxygen atoms in total. The minimum atomic E-state index is -0.587. The van der Waals surface area contributed by atoms with Gasteiger partial charge in [0.25, 0.3) is 0 Å². The first-order valence-corrected chi connectivity index (χ1v) is 8.35. The molecule has 1 aliphatic rings. The van der Waals surface area contributed by atoms with Crippen LogP contribution in [0.2, 0.25) is 0 Å². The molecule has 2 N–H and O–H groups in total. The van der Waals surface area contributed by atoms with Crippen LogP contribution < -0.4 is 15.4 Å². The van der Waals surface area contributed by atoms with Gasteiger partial charge in [0.1, 0.15) is 17.6 Å². The quantitative estimate of drug-likeness (QED) is 0.880. The number of rotatable bonds is 4. The van der Waals surface area contributed by atoms with Crippen LogP contribution in [-0.4, -0.2) is 36.5 Å². The van der Waals surface area contributed by atoms with Crippen LogP contribution in [0.1, 0.15) is 12.8 Å². The summed E-state index contributed by atoms with van der Waals surface area (Å²) in [6.45, 7) is 0.489. The second-order valence-electron chi connectivity index (χ2n) is 6.01. The number of hydrogen-bond acceptors (Lipinski definition) is 3. The maximum atomic E-state index is 13.3. The first-order chi connectivity index (χ1) is 12.6. The summed E-state index contributed by atoms with van der Waals surface area (Å²) >= 11 is 0. The number of carbonyl (C=O) groups excluding carboxylic acids is 2. The summed E-state index contributed by atoms with van der Waals surface area (Å²) in [5.74, 6) is -0.0576. The van der Waals surface area contributed by atoms with Crippen molar-refractivity contribution in [3.63, 3.8) is 0 Å². The van der Waals surface area contributed by atoms with Crippen molar-refractivity contribution in [1.29, 1.82) is 0 Å². The maximum absolute atomic E-state index is 13.3. The van der Waals surface area contributed by atoms with Gasteiger partial charge in [-0.15, -0.1) is 0 Å². The number of methoxy groups -OCH3 is 1. The Morgan fingerprint density at radius 3 is 2.58 bits per heavy atom. The third-order valence-electron chi connectivity index (χ3n) is 4.25. The zero-order valence-electron chi connectivity index (χ0n) is 14.4. The van der Waals surface area contributed by atoms with Crippen molar-refractivity contribution >= 4 is 23.3 Å². The van der Waals surface area contributed by atoms with E-state index < -0.39 is 11.9 Å². The Balaban J connectivity index is 1.64. The Bertz CT molecular complexity index is 795. The highest BCUT2D eigenvalue weighted by Crippen LogP contribution is 2.22. The van der Waals surface area contributed by atoms with Crippen molar-refractivity contribution in [3.05, 3.63) is 54.3 Å². The number of hydrogen-bond donors (Lipinski definition) is 2. The number of benzene rings is 2. The molecule has 0 radical (unpaired) electrons. The van der Waals surface area contributed by atoms with Crippen LogP contribution >= 0.6 is 0 Å². The number of nitrogens with zero attached hydrogens (tertiary/aromatic N) is 1. The lowest BCUT2D eigenvalue weighted by atomic mass is 10.2. The van der Waals surface area contributed by atoms with E-state index in [9.17, 15) is 14.0 Å². The van der Waals surface area contributed by atoms with Crippen molar-refractivity contribution in [2.45, 2.75) is 18.9 Å². The highest BCUT2D eigenvalue weighted by molar-refractivity contribution is 5.99. The van der Waals surface area contributed by atoms with Crippen molar-refractivity contribution < 1.29 is 18.7 Å². The third-order valence-corrected chi connectivity index (χ3v) is 4.25. The fourth-order valence-corrected chi connectivity index (χ4v) is 2.94. The van der Waals surface area contributed by atoms with Crippen molar-refractivity contribution in [2.75, 3.05) is 24.3 Å². The summed E-state index contributed by atoms with van der Waals surface area (Å²) in [5, 5.41) is 5.46. The van der Waals surface area contributed by atoms with E-state index in [1.807, 2.05) is 0 Å². The molecule has 26 heavy (non-hydrogen) atoms. The van der Waals surface area contributed by atoms with Gasteiger partial charge in [-0.1, -0.05) is 6.07 Å². The molecule has 1 fully saturated rings. The molecule has 0 aliphatic carbocycles. The molecule has 1 atom stereocenters. The number of likely N-dealkylation sites (tertiary alicyclic amines) is 1. The van der Waals surface area contributed by atoms with E-state index in [4.69, 9.17) is 4.74 Å². The number of ether oxygens (including phenoxy) is 1. The van der Waals surface area contributed by atoms with Crippen LogP contribution in [-0.2, 0) is 4.79 Å². The molecule has 1 saturated heterocycles. The first kappa shape index (κ1) is 17.7. The molecule has 2 aromatic rings. The molecule has 1 unspecified atom stereocenters. The largest absolute Gasteiger partial charge is 0.497 e. The monoisotopic (exact) mass is 357 g/mol. The second kappa shape index (κ2) is 7.86. The summed E-state index contributed by atoms with van der Waals surface area (Å²) in [6, 6.07) is 11.7. The van der Waals surface area contributed by atoms with Crippen LogP contribution in [0.4, 0.5) is 20.6 Å². The number of halogens is 1. The van der Waals surface area contributed by atoms with Gasteiger partial charge >= 0.3 is 6.03 Å². The molecule has 136 valence electrons. The fraction of sp³-hybridized carbons (Fsp3) is 0.263. The van der Waals surface area contributed by atoms with Crippen LogP contribution in [0.25, 0.3) is 0 Å². The van der Waals surface area contributed by atoms with Crippen LogP contribution in [0.5, 0.6) is 5.75 Å². The molecular formula is C19H20FN3O3. The average molecular weight is 357 g/mol. The molecule has 3 amide bonds. The second-order valence-corrected chi connectivity index (χ2v) is 6.01. The van der Waals surface area contributed by atoms with Gasteiger partial charge in [-0.3, -0.25) is 4.79 Å². The molecule has 0 saturated carbocycles. The normalized spacial score (nSPS) is 16.2. The van der Waals surface area contributed by atoms with Crippen molar-refractivity contribution in [3.8, 4) is 5.75 Å². The van der Waals surface area contributed by atoms with Gasteiger partial charge in [-0.2, -0.15) is 0 Å². The maximum Gasteiger partial charge on any atom is 0.322 e. The fourth-order valence-electron chi connectivity index (χ4n) is 2.94. The molecule has 0 spiro atoms. The predicted molar refractivity (Wildman–Crippen MR) is 96.8 cm³/mol. The van der Waals surface area contributed by atoms with Crippen LogP contribution in [0.3, 0.4) is 0 Å². The van der Waals surface area contributed by atoms with Gasteiger partial charge in [0.05, 0.1) is 7.11 Å². The van der Waals surface area contributed by atoms with Gasteiger partial charge < -0.3 is 20.3 Å². The lowest BCUT2D eigenvalue weighted by Crippen LogP contribution is -2.45. The molecule has 0 bridgehead atoms. The van der Waals surface area contributed by atoms with E-state index in [2.05, 4.69) is 10.6 Å². The van der Waals surface area contributed by atoms with Crippen molar-refractivity contribution in [2.24, 2.45) is 0 Å². The first-order valence-electron chi connectivity index (χ1n) is 8.35. The summed E-state index contributed by atoms with van der Waals surface area (Å²) in [4.78, 5) is 26.5. The van der Waals surface area contributed by atoms with E-state index in [0.717, 1.165) is 6.42 Å². The lowest BCUT2D eigenvalue weighted by Gasteiger charge is -2.24. The zero-order valence-corrected chi connectivity index (χ0v) is 14.4. The molecular weight excluding hydrogens is 337 g/mol. The van der Waals surface area contributed by atoms with Crippen molar-refractivity contribution in [1.82, 2.24) is 4.90 Å². The topological polar surface area (TPSA) is 70.7 Å². The van der Waals surface area contributed by atoms with Gasteiger partial charge in [-0.05, 0) is 55.3 Å². The number of carbonyl (C=O) groups is 2. The van der Waals surface area contributed by atoms with Gasteiger partial charge in [0.15, 0.2) is 0 Å². The smallest absolute Gasteiger partial charge is 0.322 e. The third kappa shape index (κ3) is 4.11. The Morgan fingerprint density at radius 1 is 1.12 bits per heavy atom. The SMILES string of the molecule is COc1ccc(NC(=O)N2CCCC2C(=O)Nc2cccc(F)c2)cc1. The number of nitrogens with one attached hydrogen (secondary N) is 2. The van der Waals surface area contributed by atoms with Crippen LogP contribution in [0.15, 0.2) is 48.5 Å². The Kier molecular flexibility index (Phi) is 5.36. The highest BCUT2D eigenvalue weighted by atomic mass is 19.1. The molecule has 7 heteroatoms. The van der Waals surface area contributed by atoms with E-state index in [1.165, 1.54) is 23.1 Å². The Hall–Kier alpha value is -3.09. The average Bonchev–Trinajstić information content (AvgIpc) is 3.12. The van der Waals surface area contributed by atoms with E-state index in [0.29, 0.717) is 30.1 Å². The standard InChI is InChI=1S/C19H20FN3O3/c1-26-16-9-7-14(8-10-16)22-19(25)23-11-3-6-17(23)18(24)21-15-5-2-4-13(20)12-15/h2,4-5,7-10,12,17H,3,6,11H2,1H3,(H,21,24)(H,22,25). The Labute approximate surface area is 150 Å². The van der Waals surface area contributed by atoms with Gasteiger partial charge in [-0.25, -0.2) is 9.18 Å². The number of amides is 3. The number of anilines is 2. The molecule has 3 rings (SSSR count). The highest BCUT2D eigenvalue weighted by Gasteiger charge is 2.34. The zero-order chi connectivity index (χ0) is 18.5. The summed E-state index contributed by atoms with van der Waals surface area (Å²) in [5.41, 5.74) is 0.990. The minimum Gasteiger partial charge on any atom is -0.497 e. The lowest BCUT2D eigenvalue weighted by molar-refractivity contribution is -0.119. The van der Waals surface area contributed by atoms with Gasteiger partial charge in [0, 0.05) is 17.9 Å². The number of urea groups is 1. The summed E-state index contributed by atoms with van der Waals surface area (Å²) in [7, 11) is 1.57. The van der Waals surface area contributed by atoms with E-state index in [-0.39, 0.29) is 11.9 Å². The van der Waals surface area contributed by atoms with Gasteiger partial charge in [0.2, 0.25) is 5.91 Å². The summed E-state index contributed by atoms with van der Waals surface area (Å²) < 4.78 is 18.3. The Morgan fingerprint density at radius 2 is 1.88 bits per heavy atom. The molecule has 2 aromatic carbocycles. The van der Waals surface area contributed by atoms with E-state index >= 15 is 0 Å². The molecule has 1 heterocycles. The predicted octanol–water partition coefficient (Wildman–Crippen LogP) is 3.47.